The van der Waals surface area contributed by atoms with Crippen molar-refractivity contribution in [2.45, 2.75) is 64.1 Å². The molecule has 0 saturated carbocycles. The summed E-state index contributed by atoms with van der Waals surface area (Å²) in [6.45, 7) is 5.99. The molecular formula is C18H27FN2O2. The van der Waals surface area contributed by atoms with E-state index >= 15 is 0 Å². The van der Waals surface area contributed by atoms with Crippen molar-refractivity contribution in [3.63, 3.8) is 0 Å². The van der Waals surface area contributed by atoms with Gasteiger partial charge in [0, 0.05) is 6.54 Å². The number of nitrogens with zero attached hydrogens (tertiary/aromatic N) is 1. The van der Waals surface area contributed by atoms with Crippen LogP contribution in [0.4, 0.5) is 15.8 Å². The van der Waals surface area contributed by atoms with Crippen molar-refractivity contribution in [2.24, 2.45) is 0 Å². The minimum Gasteiger partial charge on any atom is -0.481 e. The fraction of sp³-hybridized carbons (Fsp3) is 0.611. The van der Waals surface area contributed by atoms with Crippen molar-refractivity contribution in [3.05, 3.63) is 23.8 Å². The number of nitrogen functional groups attached to an aromatic ring is 1. The van der Waals surface area contributed by atoms with Gasteiger partial charge in [0.15, 0.2) is 0 Å². The molecule has 4 nitrogen and oxygen atoms in total. The summed E-state index contributed by atoms with van der Waals surface area (Å²) in [6, 6.07) is 5.53. The Kier molecular flexibility index (Phi) is 5.17. The molecule has 0 amide bonds. The predicted octanol–water partition coefficient (Wildman–Crippen LogP) is 3.95. The van der Waals surface area contributed by atoms with E-state index in [0.717, 1.165) is 37.1 Å². The molecule has 0 bridgehead atoms. The fourth-order valence-corrected chi connectivity index (χ4v) is 3.57. The van der Waals surface area contributed by atoms with E-state index in [9.17, 15) is 9.18 Å². The molecule has 1 aromatic carbocycles. The number of anilines is 2. The van der Waals surface area contributed by atoms with E-state index in [2.05, 4.69) is 4.90 Å². The molecule has 3 N–H and O–H groups in total. The second kappa shape index (κ2) is 6.77. The number of carboxylic acid groups (broad SMARTS) is 1. The van der Waals surface area contributed by atoms with Gasteiger partial charge < -0.3 is 15.7 Å². The molecule has 2 rings (SSSR count). The van der Waals surface area contributed by atoms with E-state index in [1.54, 1.807) is 13.8 Å². The molecular weight excluding hydrogens is 295 g/mol. The topological polar surface area (TPSA) is 66.6 Å². The van der Waals surface area contributed by atoms with Crippen LogP contribution in [0.3, 0.4) is 0 Å². The van der Waals surface area contributed by atoms with Gasteiger partial charge in [0.1, 0.15) is 5.67 Å². The molecule has 1 aliphatic rings. The molecule has 0 spiro atoms. The van der Waals surface area contributed by atoms with Gasteiger partial charge in [-0.1, -0.05) is 13.0 Å². The minimum atomic E-state index is -1.28. The number of carboxylic acids is 1. The Morgan fingerprint density at radius 1 is 1.52 bits per heavy atom. The maximum absolute atomic E-state index is 14.4. The Labute approximate surface area is 137 Å². The maximum atomic E-state index is 14.4. The molecule has 0 aliphatic carbocycles. The number of rotatable bonds is 6. The number of alkyl halides is 1. The highest BCUT2D eigenvalue weighted by Gasteiger charge is 2.38. The second-order valence-corrected chi connectivity index (χ2v) is 6.94. The van der Waals surface area contributed by atoms with E-state index in [1.165, 1.54) is 0 Å². The molecule has 0 aromatic heterocycles. The molecule has 128 valence electrons. The van der Waals surface area contributed by atoms with Gasteiger partial charge in [-0.15, -0.1) is 0 Å². The van der Waals surface area contributed by atoms with Crippen LogP contribution in [-0.2, 0) is 4.79 Å². The fourth-order valence-electron chi connectivity index (χ4n) is 3.57. The summed E-state index contributed by atoms with van der Waals surface area (Å²) in [4.78, 5) is 13.0. The average molecular weight is 322 g/mol. The molecule has 1 fully saturated rings. The normalized spacial score (nSPS) is 19.8. The highest BCUT2D eigenvalue weighted by molar-refractivity contribution is 5.71. The van der Waals surface area contributed by atoms with Gasteiger partial charge in [-0.05, 0) is 56.7 Å². The van der Waals surface area contributed by atoms with Crippen LogP contribution >= 0.6 is 0 Å². The molecule has 2 atom stereocenters. The predicted molar refractivity (Wildman–Crippen MR) is 91.7 cm³/mol. The third kappa shape index (κ3) is 3.95. The first-order valence-corrected chi connectivity index (χ1v) is 8.30. The lowest BCUT2D eigenvalue weighted by Crippen LogP contribution is -2.43. The smallest absolute Gasteiger partial charge is 0.303 e. The highest BCUT2D eigenvalue weighted by atomic mass is 19.1. The summed E-state index contributed by atoms with van der Waals surface area (Å²) in [7, 11) is 0. The maximum Gasteiger partial charge on any atom is 0.303 e. The number of nitrogens with two attached hydrogens (primary N) is 1. The zero-order chi connectivity index (χ0) is 17.2. The highest BCUT2D eigenvalue weighted by Crippen LogP contribution is 2.38. The Morgan fingerprint density at radius 2 is 2.22 bits per heavy atom. The molecule has 1 heterocycles. The van der Waals surface area contributed by atoms with Crippen molar-refractivity contribution in [2.75, 3.05) is 17.2 Å². The zero-order valence-electron chi connectivity index (χ0n) is 14.2. The lowest BCUT2D eigenvalue weighted by molar-refractivity contribution is -0.137. The monoisotopic (exact) mass is 322 g/mol. The summed E-state index contributed by atoms with van der Waals surface area (Å²) >= 11 is 0. The number of carbonyl (C=O) groups is 1. The third-order valence-electron chi connectivity index (χ3n) is 4.79. The van der Waals surface area contributed by atoms with Crippen LogP contribution in [0.15, 0.2) is 18.2 Å². The summed E-state index contributed by atoms with van der Waals surface area (Å²) < 4.78 is 14.4. The summed E-state index contributed by atoms with van der Waals surface area (Å²) in [5.74, 6) is -0.853. The molecule has 23 heavy (non-hydrogen) atoms. The number of hydrogen-bond donors (Lipinski definition) is 2. The summed E-state index contributed by atoms with van der Waals surface area (Å²) in [5, 5.41) is 9.02. The van der Waals surface area contributed by atoms with Gasteiger partial charge in [0.25, 0.3) is 0 Å². The van der Waals surface area contributed by atoms with Gasteiger partial charge in [0.2, 0.25) is 0 Å². The molecule has 1 aromatic rings. The number of halogens is 1. The lowest BCUT2D eigenvalue weighted by atomic mass is 9.92. The van der Waals surface area contributed by atoms with Crippen molar-refractivity contribution in [3.8, 4) is 0 Å². The average Bonchev–Trinajstić information content (AvgIpc) is 2.93. The third-order valence-corrected chi connectivity index (χ3v) is 4.79. The van der Waals surface area contributed by atoms with Crippen LogP contribution in [-0.4, -0.2) is 29.3 Å². The Bertz CT molecular complexity index is 569. The van der Waals surface area contributed by atoms with E-state index in [4.69, 9.17) is 10.8 Å². The molecule has 1 unspecified atom stereocenters. The van der Waals surface area contributed by atoms with Gasteiger partial charge in [-0.2, -0.15) is 0 Å². The van der Waals surface area contributed by atoms with Crippen LogP contribution in [0.1, 0.15) is 57.9 Å². The van der Waals surface area contributed by atoms with Crippen molar-refractivity contribution >= 4 is 17.3 Å². The summed E-state index contributed by atoms with van der Waals surface area (Å²) in [6.07, 6.45) is 2.62. The zero-order valence-corrected chi connectivity index (χ0v) is 14.2. The first-order chi connectivity index (χ1) is 10.7. The van der Waals surface area contributed by atoms with Crippen LogP contribution < -0.4 is 10.6 Å². The van der Waals surface area contributed by atoms with Gasteiger partial charge in [-0.3, -0.25) is 4.79 Å². The molecule has 0 radical (unpaired) electrons. The largest absolute Gasteiger partial charge is 0.481 e. The van der Waals surface area contributed by atoms with E-state index in [0.29, 0.717) is 5.69 Å². The summed E-state index contributed by atoms with van der Waals surface area (Å²) in [5.41, 5.74) is 7.33. The standard InChI is InChI=1S/C18H27FN2O2/c1-4-12(11-17(22)23)13-7-8-15(14(20)10-13)21-9-5-6-16(21)18(2,3)19/h7-8,10,12,16H,4-6,9,11,20H2,1-3H3,(H,22,23)/t12?,16-/m0/s1. The van der Waals surface area contributed by atoms with E-state index < -0.39 is 11.6 Å². The SMILES string of the molecule is CCC(CC(=O)O)c1ccc(N2CCC[C@H]2C(C)(C)F)c(N)c1. The lowest BCUT2D eigenvalue weighted by Gasteiger charge is -2.34. The van der Waals surface area contributed by atoms with Gasteiger partial charge >= 0.3 is 5.97 Å². The van der Waals surface area contributed by atoms with Gasteiger partial charge in [-0.25, -0.2) is 4.39 Å². The Balaban J connectivity index is 2.27. The van der Waals surface area contributed by atoms with Crippen LogP contribution in [0.5, 0.6) is 0 Å². The molecule has 1 saturated heterocycles. The minimum absolute atomic E-state index is 0.0455. The molecule has 1 aliphatic heterocycles. The number of aliphatic carboxylic acids is 1. The van der Waals surface area contributed by atoms with E-state index in [1.807, 2.05) is 25.1 Å². The van der Waals surface area contributed by atoms with Gasteiger partial charge in [0.05, 0.1) is 23.8 Å². The van der Waals surface area contributed by atoms with E-state index in [-0.39, 0.29) is 18.4 Å². The number of benzene rings is 1. The Hall–Kier alpha value is -1.78. The second-order valence-electron chi connectivity index (χ2n) is 6.94. The van der Waals surface area contributed by atoms with Crippen molar-refractivity contribution < 1.29 is 14.3 Å². The molecule has 5 heteroatoms. The Morgan fingerprint density at radius 3 is 2.74 bits per heavy atom. The van der Waals surface area contributed by atoms with Crippen LogP contribution in [0, 0.1) is 0 Å². The number of hydrogen-bond acceptors (Lipinski definition) is 3. The first-order valence-electron chi connectivity index (χ1n) is 8.30. The van der Waals surface area contributed by atoms with Crippen molar-refractivity contribution in [1.29, 1.82) is 0 Å². The first kappa shape index (κ1) is 17.6. The van der Waals surface area contributed by atoms with Crippen LogP contribution in [0.2, 0.25) is 0 Å². The van der Waals surface area contributed by atoms with Crippen molar-refractivity contribution in [1.82, 2.24) is 0 Å². The van der Waals surface area contributed by atoms with Crippen LogP contribution in [0.25, 0.3) is 0 Å². The quantitative estimate of drug-likeness (QED) is 0.778.